The largest absolute Gasteiger partial charge is 0.254 e. The van der Waals surface area contributed by atoms with E-state index in [0.717, 1.165) is 22.4 Å². The standard InChI is InChI=1S/C18H15ClN4O2S/c1-12-17(13-2-6-15(19)7-3-13)18(22-23(12)11-10-20)14-4-8-16(9-5-14)26(21,24)25/h2-9H,11H2,1H3,(H2,21,24,25). The summed E-state index contributed by atoms with van der Waals surface area (Å²) in [5.41, 5.74) is 3.98. The van der Waals surface area contributed by atoms with Crippen molar-refractivity contribution < 1.29 is 8.42 Å². The van der Waals surface area contributed by atoms with E-state index < -0.39 is 10.0 Å². The first-order valence-electron chi connectivity index (χ1n) is 7.65. The van der Waals surface area contributed by atoms with Crippen LogP contribution in [0, 0.1) is 18.3 Å². The molecule has 0 aliphatic rings. The molecule has 0 radical (unpaired) electrons. The molecule has 6 nitrogen and oxygen atoms in total. The summed E-state index contributed by atoms with van der Waals surface area (Å²) in [4.78, 5) is 0.0301. The van der Waals surface area contributed by atoms with E-state index in [1.807, 2.05) is 19.1 Å². The van der Waals surface area contributed by atoms with Crippen LogP contribution in [0.1, 0.15) is 5.69 Å². The Kier molecular flexibility index (Phi) is 4.83. The van der Waals surface area contributed by atoms with Crippen molar-refractivity contribution in [2.24, 2.45) is 5.14 Å². The normalized spacial score (nSPS) is 11.3. The number of nitriles is 1. The lowest BCUT2D eigenvalue weighted by Gasteiger charge is -2.06. The number of nitrogens with two attached hydrogens (primary N) is 1. The van der Waals surface area contributed by atoms with Crippen LogP contribution in [0.3, 0.4) is 0 Å². The van der Waals surface area contributed by atoms with Gasteiger partial charge in [-0.1, -0.05) is 35.9 Å². The van der Waals surface area contributed by atoms with Gasteiger partial charge in [0.05, 0.1) is 11.0 Å². The van der Waals surface area contributed by atoms with Crippen LogP contribution in [-0.2, 0) is 16.6 Å². The third-order valence-electron chi connectivity index (χ3n) is 4.02. The van der Waals surface area contributed by atoms with E-state index in [2.05, 4.69) is 11.2 Å². The second-order valence-corrected chi connectivity index (χ2v) is 7.70. The lowest BCUT2D eigenvalue weighted by atomic mass is 9.99. The first-order chi connectivity index (χ1) is 12.3. The second kappa shape index (κ2) is 6.92. The number of benzene rings is 2. The molecular weight excluding hydrogens is 372 g/mol. The zero-order valence-corrected chi connectivity index (χ0v) is 15.4. The molecule has 0 bridgehead atoms. The van der Waals surface area contributed by atoms with Gasteiger partial charge >= 0.3 is 0 Å². The minimum absolute atomic E-state index is 0.0301. The number of primary sulfonamides is 1. The summed E-state index contributed by atoms with van der Waals surface area (Å²) in [6.45, 7) is 2.00. The average molecular weight is 387 g/mol. The molecule has 0 atom stereocenters. The molecule has 3 aromatic rings. The molecule has 0 aliphatic heterocycles. The highest BCUT2D eigenvalue weighted by Crippen LogP contribution is 2.35. The van der Waals surface area contributed by atoms with E-state index >= 15 is 0 Å². The van der Waals surface area contributed by atoms with Gasteiger partial charge in [-0.15, -0.1) is 0 Å². The van der Waals surface area contributed by atoms with Crippen LogP contribution in [0.25, 0.3) is 22.4 Å². The zero-order valence-electron chi connectivity index (χ0n) is 13.8. The Morgan fingerprint density at radius 1 is 1.12 bits per heavy atom. The van der Waals surface area contributed by atoms with E-state index in [0.29, 0.717) is 10.7 Å². The first-order valence-corrected chi connectivity index (χ1v) is 9.57. The third-order valence-corrected chi connectivity index (χ3v) is 5.20. The van der Waals surface area contributed by atoms with E-state index in [1.54, 1.807) is 28.9 Å². The van der Waals surface area contributed by atoms with Crippen LogP contribution in [-0.4, -0.2) is 18.2 Å². The van der Waals surface area contributed by atoms with Gasteiger partial charge in [0.2, 0.25) is 10.0 Å². The Bertz CT molecular complexity index is 1100. The van der Waals surface area contributed by atoms with Gasteiger partial charge in [-0.25, -0.2) is 13.6 Å². The fourth-order valence-electron chi connectivity index (χ4n) is 2.73. The maximum absolute atomic E-state index is 11.5. The molecule has 1 heterocycles. The molecule has 0 saturated carbocycles. The maximum atomic E-state index is 11.5. The lowest BCUT2D eigenvalue weighted by Crippen LogP contribution is -2.11. The zero-order chi connectivity index (χ0) is 18.9. The number of nitrogens with zero attached hydrogens (tertiary/aromatic N) is 3. The lowest BCUT2D eigenvalue weighted by molar-refractivity contribution is 0.598. The van der Waals surface area contributed by atoms with Crippen LogP contribution in [0.2, 0.25) is 5.02 Å². The van der Waals surface area contributed by atoms with Gasteiger partial charge in [-0.05, 0) is 36.8 Å². The van der Waals surface area contributed by atoms with Gasteiger partial charge in [0.25, 0.3) is 0 Å². The molecule has 2 aromatic carbocycles. The minimum Gasteiger partial charge on any atom is -0.254 e. The summed E-state index contributed by atoms with van der Waals surface area (Å²) >= 11 is 5.98. The molecule has 0 amide bonds. The van der Waals surface area contributed by atoms with E-state index in [1.165, 1.54) is 12.1 Å². The van der Waals surface area contributed by atoms with Crippen molar-refractivity contribution in [2.45, 2.75) is 18.4 Å². The second-order valence-electron chi connectivity index (χ2n) is 5.70. The SMILES string of the molecule is Cc1c(-c2ccc(Cl)cc2)c(-c2ccc(S(N)(=O)=O)cc2)nn1CC#N. The molecule has 0 unspecified atom stereocenters. The summed E-state index contributed by atoms with van der Waals surface area (Å²) in [6, 6.07) is 15.6. The summed E-state index contributed by atoms with van der Waals surface area (Å²) in [5.74, 6) is 0. The molecule has 1 aromatic heterocycles. The summed E-state index contributed by atoms with van der Waals surface area (Å²) in [6.07, 6.45) is 0. The molecule has 3 rings (SSSR count). The molecular formula is C18H15ClN4O2S. The van der Waals surface area contributed by atoms with Crippen molar-refractivity contribution in [2.75, 3.05) is 0 Å². The number of sulfonamides is 1. The van der Waals surface area contributed by atoms with Gasteiger partial charge in [0.1, 0.15) is 12.2 Å². The molecule has 26 heavy (non-hydrogen) atoms. The Balaban J connectivity index is 2.19. The number of halogens is 1. The molecule has 0 fully saturated rings. The highest BCUT2D eigenvalue weighted by molar-refractivity contribution is 7.89. The van der Waals surface area contributed by atoms with Gasteiger partial charge in [-0.2, -0.15) is 10.4 Å². The Labute approximate surface area is 156 Å². The van der Waals surface area contributed by atoms with Crippen molar-refractivity contribution in [3.63, 3.8) is 0 Å². The topological polar surface area (TPSA) is 102 Å². The monoisotopic (exact) mass is 386 g/mol. The summed E-state index contributed by atoms with van der Waals surface area (Å²) < 4.78 is 24.5. The highest BCUT2D eigenvalue weighted by Gasteiger charge is 2.18. The van der Waals surface area contributed by atoms with Gasteiger partial charge in [0, 0.05) is 21.8 Å². The van der Waals surface area contributed by atoms with Crippen molar-refractivity contribution in [1.82, 2.24) is 9.78 Å². The van der Waals surface area contributed by atoms with Crippen molar-refractivity contribution in [1.29, 1.82) is 5.26 Å². The third kappa shape index (κ3) is 3.48. The first kappa shape index (κ1) is 18.1. The molecule has 2 N–H and O–H groups in total. The summed E-state index contributed by atoms with van der Waals surface area (Å²) in [5, 5.41) is 19.4. The number of hydrogen-bond acceptors (Lipinski definition) is 4. The van der Waals surface area contributed by atoms with Crippen LogP contribution < -0.4 is 5.14 Å². The van der Waals surface area contributed by atoms with E-state index in [9.17, 15) is 8.42 Å². The van der Waals surface area contributed by atoms with E-state index in [-0.39, 0.29) is 11.4 Å². The fourth-order valence-corrected chi connectivity index (χ4v) is 3.38. The van der Waals surface area contributed by atoms with Gasteiger partial charge in [-0.3, -0.25) is 4.68 Å². The Morgan fingerprint density at radius 2 is 1.69 bits per heavy atom. The Hall–Kier alpha value is -2.66. The Morgan fingerprint density at radius 3 is 2.23 bits per heavy atom. The van der Waals surface area contributed by atoms with Crippen LogP contribution in [0.5, 0.6) is 0 Å². The van der Waals surface area contributed by atoms with Crippen LogP contribution >= 0.6 is 11.6 Å². The number of aromatic nitrogens is 2. The van der Waals surface area contributed by atoms with Crippen molar-refractivity contribution >= 4 is 21.6 Å². The molecule has 0 aliphatic carbocycles. The quantitative estimate of drug-likeness (QED) is 0.742. The van der Waals surface area contributed by atoms with Crippen LogP contribution in [0.15, 0.2) is 53.4 Å². The van der Waals surface area contributed by atoms with Crippen molar-refractivity contribution in [3.05, 3.63) is 59.2 Å². The predicted octanol–water partition coefficient (Wildman–Crippen LogP) is 3.35. The highest BCUT2D eigenvalue weighted by atomic mass is 35.5. The summed E-state index contributed by atoms with van der Waals surface area (Å²) in [7, 11) is -3.76. The van der Waals surface area contributed by atoms with Crippen molar-refractivity contribution in [3.8, 4) is 28.5 Å². The fraction of sp³-hybridized carbons (Fsp3) is 0.111. The van der Waals surface area contributed by atoms with Gasteiger partial charge < -0.3 is 0 Å². The number of rotatable bonds is 4. The molecule has 0 saturated heterocycles. The molecule has 0 spiro atoms. The minimum atomic E-state index is -3.76. The number of hydrogen-bond donors (Lipinski definition) is 1. The smallest absolute Gasteiger partial charge is 0.238 e. The molecule has 132 valence electrons. The molecule has 8 heteroatoms. The average Bonchev–Trinajstić information content (AvgIpc) is 2.92. The van der Waals surface area contributed by atoms with E-state index in [4.69, 9.17) is 22.0 Å². The predicted molar refractivity (Wildman–Crippen MR) is 99.8 cm³/mol. The maximum Gasteiger partial charge on any atom is 0.238 e. The van der Waals surface area contributed by atoms with Gasteiger partial charge in [0.15, 0.2) is 0 Å². The van der Waals surface area contributed by atoms with Crippen LogP contribution in [0.4, 0.5) is 0 Å².